The second kappa shape index (κ2) is 7.05. The van der Waals surface area contributed by atoms with Crippen LogP contribution in [0.4, 0.5) is 13.2 Å². The van der Waals surface area contributed by atoms with Crippen molar-refractivity contribution in [2.45, 2.75) is 38.4 Å². The molecule has 1 saturated carbocycles. The smallest absolute Gasteiger partial charge is 0.416 e. The van der Waals surface area contributed by atoms with Crippen LogP contribution in [-0.2, 0) is 11.0 Å². The first kappa shape index (κ1) is 18.9. The molecule has 27 heavy (non-hydrogen) atoms. The van der Waals surface area contributed by atoms with Gasteiger partial charge in [0.1, 0.15) is 11.5 Å². The summed E-state index contributed by atoms with van der Waals surface area (Å²) in [6.45, 7) is 1.59. The van der Waals surface area contributed by atoms with Crippen molar-refractivity contribution in [2.75, 3.05) is 0 Å². The fraction of sp³-hybridized carbons (Fsp3) is 0.389. The molecule has 1 fully saturated rings. The predicted molar refractivity (Wildman–Crippen MR) is 90.0 cm³/mol. The summed E-state index contributed by atoms with van der Waals surface area (Å²) in [6.07, 6.45) is -2.72. The van der Waals surface area contributed by atoms with Gasteiger partial charge < -0.3 is 15.4 Å². The van der Waals surface area contributed by atoms with Crippen molar-refractivity contribution in [1.82, 2.24) is 15.3 Å². The lowest BCUT2D eigenvalue weighted by atomic mass is 10.0. The minimum Gasteiger partial charge on any atom is -0.481 e. The highest BCUT2D eigenvalue weighted by Crippen LogP contribution is 2.32. The van der Waals surface area contributed by atoms with E-state index in [9.17, 15) is 27.9 Å². The molecule has 1 aromatic heterocycles. The maximum absolute atomic E-state index is 12.9. The number of nitrogens with zero attached hydrogens (tertiary/aromatic N) is 1. The van der Waals surface area contributed by atoms with E-state index in [4.69, 9.17) is 0 Å². The van der Waals surface area contributed by atoms with Crippen molar-refractivity contribution in [3.05, 3.63) is 41.2 Å². The van der Waals surface area contributed by atoms with Gasteiger partial charge in [-0.3, -0.25) is 9.59 Å². The molecule has 1 aromatic carbocycles. The Labute approximate surface area is 152 Å². The Bertz CT molecular complexity index is 876. The molecule has 1 amide bonds. The van der Waals surface area contributed by atoms with E-state index in [0.29, 0.717) is 25.0 Å². The van der Waals surface area contributed by atoms with E-state index in [1.807, 2.05) is 0 Å². The molecule has 0 spiro atoms. The van der Waals surface area contributed by atoms with Crippen LogP contribution in [-0.4, -0.2) is 33.0 Å². The van der Waals surface area contributed by atoms with Crippen molar-refractivity contribution in [3.8, 4) is 11.4 Å². The van der Waals surface area contributed by atoms with Crippen LogP contribution in [0.15, 0.2) is 24.3 Å². The number of hydrogen-bond donors (Lipinski definition) is 3. The number of carboxylic acids is 1. The third kappa shape index (κ3) is 3.96. The Balaban J connectivity index is 1.82. The number of aryl methyl sites for hydroxylation is 1. The number of benzene rings is 1. The quantitative estimate of drug-likeness (QED) is 0.757. The lowest BCUT2D eigenvalue weighted by Crippen LogP contribution is -2.40. The molecule has 3 N–H and O–H groups in total. The summed E-state index contributed by atoms with van der Waals surface area (Å²) >= 11 is 0. The van der Waals surface area contributed by atoms with Gasteiger partial charge in [0, 0.05) is 17.3 Å². The van der Waals surface area contributed by atoms with E-state index in [2.05, 4.69) is 15.3 Å². The Hall–Kier alpha value is -2.84. The van der Waals surface area contributed by atoms with Crippen molar-refractivity contribution in [2.24, 2.45) is 5.92 Å². The summed E-state index contributed by atoms with van der Waals surface area (Å²) in [5.41, 5.74) is -0.171. The number of imidazole rings is 1. The van der Waals surface area contributed by atoms with Gasteiger partial charge in [0.25, 0.3) is 5.91 Å². The van der Waals surface area contributed by atoms with E-state index in [1.165, 1.54) is 12.1 Å². The second-order valence-electron chi connectivity index (χ2n) is 6.59. The number of aromatic nitrogens is 2. The average molecular weight is 381 g/mol. The number of carbonyl (C=O) groups excluding carboxylic acids is 1. The summed E-state index contributed by atoms with van der Waals surface area (Å²) in [5.74, 6) is -2.00. The van der Waals surface area contributed by atoms with Gasteiger partial charge in [-0.2, -0.15) is 13.2 Å². The Morgan fingerprint density at radius 1 is 1.30 bits per heavy atom. The molecule has 2 atom stereocenters. The molecule has 3 rings (SSSR count). The van der Waals surface area contributed by atoms with Gasteiger partial charge in [-0.25, -0.2) is 4.98 Å². The van der Waals surface area contributed by atoms with Crippen molar-refractivity contribution < 1.29 is 27.9 Å². The van der Waals surface area contributed by atoms with E-state index < -0.39 is 35.6 Å². The highest BCUT2D eigenvalue weighted by Gasteiger charge is 2.35. The normalized spacial score (nSPS) is 19.9. The number of carboxylic acid groups (broad SMARTS) is 1. The zero-order valence-corrected chi connectivity index (χ0v) is 14.4. The summed E-state index contributed by atoms with van der Waals surface area (Å²) in [4.78, 5) is 30.7. The molecule has 0 radical (unpaired) electrons. The van der Waals surface area contributed by atoms with Crippen molar-refractivity contribution >= 4 is 11.9 Å². The third-order valence-electron chi connectivity index (χ3n) is 4.71. The maximum atomic E-state index is 12.9. The number of hydrogen-bond acceptors (Lipinski definition) is 3. The molecule has 0 aliphatic heterocycles. The Morgan fingerprint density at radius 2 is 2.04 bits per heavy atom. The van der Waals surface area contributed by atoms with Gasteiger partial charge in [0.15, 0.2) is 0 Å². The Morgan fingerprint density at radius 3 is 2.70 bits per heavy atom. The number of amides is 1. The highest BCUT2D eigenvalue weighted by atomic mass is 19.4. The first-order chi connectivity index (χ1) is 12.7. The van der Waals surface area contributed by atoms with Gasteiger partial charge in [0.2, 0.25) is 0 Å². The number of alkyl halides is 3. The molecule has 1 aliphatic rings. The summed E-state index contributed by atoms with van der Waals surface area (Å²) < 4.78 is 38.6. The van der Waals surface area contributed by atoms with Crippen LogP contribution >= 0.6 is 0 Å². The van der Waals surface area contributed by atoms with Crippen LogP contribution < -0.4 is 5.32 Å². The molecule has 0 saturated heterocycles. The van der Waals surface area contributed by atoms with Crippen LogP contribution in [0, 0.1) is 12.8 Å². The monoisotopic (exact) mass is 381 g/mol. The number of halogens is 3. The van der Waals surface area contributed by atoms with Gasteiger partial charge in [-0.05, 0) is 31.9 Å². The highest BCUT2D eigenvalue weighted by molar-refractivity contribution is 5.94. The fourth-order valence-corrected chi connectivity index (χ4v) is 3.33. The van der Waals surface area contributed by atoms with Crippen molar-refractivity contribution in [3.63, 3.8) is 0 Å². The fourth-order valence-electron chi connectivity index (χ4n) is 3.33. The van der Waals surface area contributed by atoms with Crippen molar-refractivity contribution in [1.29, 1.82) is 0 Å². The van der Waals surface area contributed by atoms with E-state index in [1.54, 1.807) is 6.92 Å². The summed E-state index contributed by atoms with van der Waals surface area (Å²) in [5, 5.41) is 11.9. The largest absolute Gasteiger partial charge is 0.481 e. The lowest BCUT2D eigenvalue weighted by molar-refractivity contribution is -0.142. The van der Waals surface area contributed by atoms with E-state index in [-0.39, 0.29) is 17.1 Å². The third-order valence-corrected chi connectivity index (χ3v) is 4.71. The van der Waals surface area contributed by atoms with Gasteiger partial charge in [-0.15, -0.1) is 0 Å². The minimum absolute atomic E-state index is 0.0402. The van der Waals surface area contributed by atoms with Crippen LogP contribution in [0.25, 0.3) is 11.4 Å². The zero-order chi connectivity index (χ0) is 19.8. The predicted octanol–water partition coefficient (Wildman–Crippen LogP) is 3.39. The average Bonchev–Trinajstić information content (AvgIpc) is 3.21. The standard InChI is InChI=1S/C18H18F3N3O3/c1-9-14(16(25)23-13-7-3-6-12(13)17(26)27)24-15(22-9)10-4-2-5-11(8-10)18(19,20)21/h2,4-5,8,12-13H,3,6-7H2,1H3,(H,22,24)(H,23,25)(H,26,27)/t12-,13+/m0/s1. The number of nitrogens with one attached hydrogen (secondary N) is 2. The molecule has 6 nitrogen and oxygen atoms in total. The van der Waals surface area contributed by atoms with Crippen LogP contribution in [0.5, 0.6) is 0 Å². The summed E-state index contributed by atoms with van der Waals surface area (Å²) in [7, 11) is 0. The number of rotatable bonds is 4. The summed E-state index contributed by atoms with van der Waals surface area (Å²) in [6, 6.07) is 4.16. The van der Waals surface area contributed by atoms with Crippen LogP contribution in [0.1, 0.15) is 41.0 Å². The lowest BCUT2D eigenvalue weighted by Gasteiger charge is -2.16. The molecular weight excluding hydrogens is 363 g/mol. The molecule has 1 heterocycles. The topological polar surface area (TPSA) is 95.1 Å². The van der Waals surface area contributed by atoms with Gasteiger partial charge >= 0.3 is 12.1 Å². The molecule has 9 heteroatoms. The molecule has 144 valence electrons. The molecular formula is C18H18F3N3O3. The van der Waals surface area contributed by atoms with Gasteiger partial charge in [-0.1, -0.05) is 18.6 Å². The molecule has 2 aromatic rings. The first-order valence-electron chi connectivity index (χ1n) is 8.44. The SMILES string of the molecule is Cc1[nH]c(-c2cccc(C(F)(F)F)c2)nc1C(=O)N[C@@H]1CCC[C@@H]1C(=O)O. The van der Waals surface area contributed by atoms with Crippen LogP contribution in [0.2, 0.25) is 0 Å². The number of aromatic amines is 1. The van der Waals surface area contributed by atoms with E-state index >= 15 is 0 Å². The molecule has 0 bridgehead atoms. The molecule has 1 aliphatic carbocycles. The van der Waals surface area contributed by atoms with Gasteiger partial charge in [0.05, 0.1) is 11.5 Å². The Kier molecular flexibility index (Phi) is 4.95. The van der Waals surface area contributed by atoms with Crippen LogP contribution in [0.3, 0.4) is 0 Å². The second-order valence-corrected chi connectivity index (χ2v) is 6.59. The minimum atomic E-state index is -4.48. The number of H-pyrrole nitrogens is 1. The zero-order valence-electron chi connectivity index (χ0n) is 14.4. The maximum Gasteiger partial charge on any atom is 0.416 e. The van der Waals surface area contributed by atoms with E-state index in [0.717, 1.165) is 12.1 Å². The number of carbonyl (C=O) groups is 2. The first-order valence-corrected chi connectivity index (χ1v) is 8.44. The number of aliphatic carboxylic acids is 1. The molecule has 0 unspecified atom stereocenters.